The second kappa shape index (κ2) is 15.4. The van der Waals surface area contributed by atoms with Crippen molar-refractivity contribution < 1.29 is 92.9 Å². The molecular formula is C28H39O19P. The molecule has 48 heavy (non-hydrogen) atoms. The summed E-state index contributed by atoms with van der Waals surface area (Å²) in [5.74, 6) is 0.751. The third-order valence-electron chi connectivity index (χ3n) is 8.21. The highest BCUT2D eigenvalue weighted by Crippen LogP contribution is 2.42. The zero-order valence-electron chi connectivity index (χ0n) is 25.3. The van der Waals surface area contributed by atoms with Gasteiger partial charge in [-0.1, -0.05) is 12.1 Å². The van der Waals surface area contributed by atoms with Gasteiger partial charge in [-0.2, -0.15) is 0 Å². The zero-order valence-corrected chi connectivity index (χ0v) is 26.2. The maximum atomic E-state index is 11.9. The fraction of sp³-hybridized carbons (Fsp3) is 0.643. The van der Waals surface area contributed by atoms with Crippen molar-refractivity contribution in [1.82, 2.24) is 0 Å². The van der Waals surface area contributed by atoms with Crippen LogP contribution in [0.15, 0.2) is 36.4 Å². The first kappa shape index (κ1) is 37.2. The lowest BCUT2D eigenvalue weighted by molar-refractivity contribution is -0.371. The van der Waals surface area contributed by atoms with Gasteiger partial charge in [0.15, 0.2) is 18.7 Å². The average Bonchev–Trinajstić information content (AvgIpc) is 3.06. The summed E-state index contributed by atoms with van der Waals surface area (Å²) >= 11 is 0. The van der Waals surface area contributed by atoms with Crippen LogP contribution in [0.4, 0.5) is 0 Å². The summed E-state index contributed by atoms with van der Waals surface area (Å²) in [5, 5.41) is 84.3. The van der Waals surface area contributed by atoms with Gasteiger partial charge >= 0.3 is 7.82 Å². The van der Waals surface area contributed by atoms with Gasteiger partial charge in [-0.05, 0) is 35.0 Å². The summed E-state index contributed by atoms with van der Waals surface area (Å²) in [6.45, 7) is -2.14. The van der Waals surface area contributed by atoms with E-state index in [1.54, 1.807) is 30.3 Å². The Morgan fingerprint density at radius 1 is 0.708 bits per heavy atom. The van der Waals surface area contributed by atoms with Gasteiger partial charge in [0, 0.05) is 0 Å². The van der Waals surface area contributed by atoms with Crippen molar-refractivity contribution >= 4 is 18.6 Å². The molecular weight excluding hydrogens is 671 g/mol. The van der Waals surface area contributed by atoms with E-state index >= 15 is 0 Å². The molecule has 20 heteroatoms. The van der Waals surface area contributed by atoms with Crippen LogP contribution in [0.25, 0.3) is 10.8 Å². The predicted molar refractivity (Wildman–Crippen MR) is 155 cm³/mol. The molecule has 0 radical (unpaired) electrons. The second-order valence-electron chi connectivity index (χ2n) is 11.4. The van der Waals surface area contributed by atoms with E-state index in [2.05, 4.69) is 0 Å². The highest BCUT2D eigenvalue weighted by Gasteiger charge is 2.53. The van der Waals surface area contributed by atoms with Gasteiger partial charge in [0.25, 0.3) is 0 Å². The van der Waals surface area contributed by atoms with Gasteiger partial charge in [0.05, 0.1) is 26.9 Å². The molecule has 5 rings (SSSR count). The number of phosphoric acid groups is 1. The van der Waals surface area contributed by atoms with Crippen molar-refractivity contribution in [2.75, 3.05) is 26.9 Å². The maximum absolute atomic E-state index is 11.9. The smallest absolute Gasteiger partial charge is 0.470 e. The Kier molecular flexibility index (Phi) is 11.9. The molecule has 3 heterocycles. The van der Waals surface area contributed by atoms with Crippen molar-refractivity contribution in [3.05, 3.63) is 36.4 Å². The molecule has 270 valence electrons. The molecule has 0 saturated carbocycles. The quantitative estimate of drug-likeness (QED) is 0.101. The van der Waals surface area contributed by atoms with E-state index in [4.69, 9.17) is 37.7 Å². The van der Waals surface area contributed by atoms with Crippen LogP contribution in [0.5, 0.6) is 11.5 Å². The molecule has 0 amide bonds. The summed E-state index contributed by atoms with van der Waals surface area (Å²) in [4.78, 5) is 19.2. The van der Waals surface area contributed by atoms with Crippen LogP contribution in [-0.4, -0.2) is 164 Å². The van der Waals surface area contributed by atoms with Crippen molar-refractivity contribution in [2.45, 2.75) is 86.0 Å². The molecule has 2 aromatic carbocycles. The third kappa shape index (κ3) is 8.09. The minimum absolute atomic E-state index is 0.186. The number of hydrogen-bond acceptors (Lipinski definition) is 17. The first-order valence-electron chi connectivity index (χ1n) is 14.8. The molecule has 0 bridgehead atoms. The molecule has 0 aliphatic carbocycles. The number of aliphatic hydroxyl groups excluding tert-OH is 8. The average molecular weight is 711 g/mol. The first-order valence-corrected chi connectivity index (χ1v) is 16.3. The Balaban J connectivity index is 1.32. The topological polar surface area (TPSA) is 293 Å². The summed E-state index contributed by atoms with van der Waals surface area (Å²) in [7, 11) is -3.78. The summed E-state index contributed by atoms with van der Waals surface area (Å²) < 4.78 is 55.4. The van der Waals surface area contributed by atoms with E-state index in [0.717, 1.165) is 5.39 Å². The molecule has 0 spiro atoms. The van der Waals surface area contributed by atoms with Crippen LogP contribution in [0, 0.1) is 0 Å². The Morgan fingerprint density at radius 3 is 1.94 bits per heavy atom. The van der Waals surface area contributed by atoms with Crippen LogP contribution >= 0.6 is 7.82 Å². The Morgan fingerprint density at radius 2 is 1.31 bits per heavy atom. The summed E-state index contributed by atoms with van der Waals surface area (Å²) in [6.07, 6.45) is -24.3. The van der Waals surface area contributed by atoms with E-state index in [-0.39, 0.29) is 5.75 Å². The fourth-order valence-corrected chi connectivity index (χ4v) is 6.16. The first-order chi connectivity index (χ1) is 22.7. The molecule has 14 atom stereocenters. The number of fused-ring (bicyclic) bond motifs is 1. The summed E-state index contributed by atoms with van der Waals surface area (Å²) in [5.41, 5.74) is 0. The van der Waals surface area contributed by atoms with Crippen molar-refractivity contribution in [3.63, 3.8) is 0 Å². The number of aliphatic hydroxyl groups is 8. The molecule has 3 aliphatic heterocycles. The number of methoxy groups -OCH3 is 1. The second-order valence-corrected chi connectivity index (χ2v) is 12.6. The highest BCUT2D eigenvalue weighted by atomic mass is 31.2. The number of phosphoric ester groups is 1. The van der Waals surface area contributed by atoms with E-state index in [1.165, 1.54) is 7.11 Å². The molecule has 3 fully saturated rings. The predicted octanol–water partition coefficient (Wildman–Crippen LogP) is -3.57. The van der Waals surface area contributed by atoms with Gasteiger partial charge in [-0.3, -0.25) is 4.52 Å². The minimum Gasteiger partial charge on any atom is -0.497 e. The van der Waals surface area contributed by atoms with Crippen molar-refractivity contribution in [2.24, 2.45) is 0 Å². The van der Waals surface area contributed by atoms with Crippen LogP contribution in [0.1, 0.15) is 0 Å². The molecule has 3 aliphatic rings. The molecule has 19 nitrogen and oxygen atoms in total. The number of benzene rings is 2. The van der Waals surface area contributed by atoms with E-state index in [1.807, 2.05) is 6.07 Å². The Hall–Kier alpha value is -2.11. The molecule has 0 unspecified atom stereocenters. The van der Waals surface area contributed by atoms with Gasteiger partial charge in [-0.15, -0.1) is 0 Å². The molecule has 10 N–H and O–H groups in total. The largest absolute Gasteiger partial charge is 0.497 e. The summed E-state index contributed by atoms with van der Waals surface area (Å²) in [6, 6.07) is 10.2. The van der Waals surface area contributed by atoms with Crippen LogP contribution in [-0.2, 0) is 32.8 Å². The number of rotatable bonds is 11. The van der Waals surface area contributed by atoms with E-state index < -0.39 is 114 Å². The maximum Gasteiger partial charge on any atom is 0.470 e. The number of ether oxygens (including phenoxy) is 7. The normalized spacial score (nSPS) is 39.3. The molecule has 3 saturated heterocycles. The van der Waals surface area contributed by atoms with Crippen molar-refractivity contribution in [3.8, 4) is 11.5 Å². The fourth-order valence-electron chi connectivity index (χ4n) is 5.62. The lowest BCUT2D eigenvalue weighted by atomic mass is 9.96. The van der Waals surface area contributed by atoms with Crippen LogP contribution in [0.2, 0.25) is 0 Å². The minimum atomic E-state index is -5.27. The lowest BCUT2D eigenvalue weighted by Crippen LogP contribution is -2.66. The van der Waals surface area contributed by atoms with Gasteiger partial charge in [0.1, 0.15) is 72.5 Å². The van der Waals surface area contributed by atoms with Crippen LogP contribution < -0.4 is 9.47 Å². The Labute approximate surface area is 272 Å². The van der Waals surface area contributed by atoms with Crippen LogP contribution in [0.3, 0.4) is 0 Å². The Bertz CT molecular complexity index is 1410. The van der Waals surface area contributed by atoms with Gasteiger partial charge in [0.2, 0.25) is 6.29 Å². The van der Waals surface area contributed by atoms with Crippen molar-refractivity contribution in [1.29, 1.82) is 0 Å². The monoisotopic (exact) mass is 710 g/mol. The molecule has 0 aromatic heterocycles. The van der Waals surface area contributed by atoms with Gasteiger partial charge in [-0.25, -0.2) is 4.57 Å². The van der Waals surface area contributed by atoms with Gasteiger partial charge < -0.3 is 83.8 Å². The number of hydrogen-bond donors (Lipinski definition) is 10. The SMILES string of the molecule is COc1ccc2ccc(O[C@@H]3OC[C@@H](O[C@@H]4O[C@H](CO)[C@H](O)[C@H](O[C@@H]5O[C@H](CO)[C@H](O)[C@H](O)[C@H]5O)[C@H]4O)[C@H](O)[C@H]3OP(=O)(O)O)cc2c1. The van der Waals surface area contributed by atoms with E-state index in [0.29, 0.717) is 11.1 Å². The zero-order chi connectivity index (χ0) is 34.9. The standard InChI is InChI=1S/C28H39O19P/c1-40-13-4-2-11-3-5-14(7-12(11)6-13)42-28-25(47-48(37,38)39)20(33)17(10-41-28)45-27-23(36)24(19(32)16(9-30)44-27)46-26-22(35)21(34)18(31)15(8-29)43-26/h2-7,15-36H,8-10H2,1H3,(H2,37,38,39)/t15-,16-,17-,18+,19+,20+,21+,22-,23-,24+,25-,26+,27+,28+/m1/s1. The lowest BCUT2D eigenvalue weighted by Gasteiger charge is -2.47. The molecule has 2 aromatic rings. The van der Waals surface area contributed by atoms with E-state index in [9.17, 15) is 55.2 Å². The highest BCUT2D eigenvalue weighted by molar-refractivity contribution is 7.46. The third-order valence-corrected chi connectivity index (χ3v) is 8.73.